The Morgan fingerprint density at radius 1 is 1.24 bits per heavy atom. The molecule has 12 nitrogen and oxygen atoms in total. The van der Waals surface area contributed by atoms with Crippen molar-refractivity contribution >= 4 is 6.16 Å². The molecule has 206 valence electrons. The standard InChI is InChI=1S/C24H33FN2O10/c1-6-34-23(31)35-11-18-19(28)20(29)21(30)24(32,36-18)37-22-16(13(4)27(26-22)12(2)3)9-14-7-8-15(33-5)10-17(14)25/h7-8,10,12,18-21,28-30,32H,6,9,11H2,1-5H3/t18-,19-,20+,21-,24-/m1/s1. The molecule has 1 saturated heterocycles. The highest BCUT2D eigenvalue weighted by Gasteiger charge is 2.56. The van der Waals surface area contributed by atoms with Crippen LogP contribution in [0.2, 0.25) is 0 Å². The number of carbonyl (C=O) groups excluding carboxylic acids is 1. The van der Waals surface area contributed by atoms with E-state index in [9.17, 15) is 29.6 Å². The van der Waals surface area contributed by atoms with Crippen LogP contribution < -0.4 is 9.47 Å². The minimum atomic E-state index is -2.91. The third-order valence-corrected chi connectivity index (χ3v) is 5.97. The number of aliphatic hydroxyl groups is 4. The highest BCUT2D eigenvalue weighted by atomic mass is 19.1. The molecule has 37 heavy (non-hydrogen) atoms. The molecule has 0 amide bonds. The van der Waals surface area contributed by atoms with Crippen LogP contribution in [-0.2, 0) is 20.6 Å². The molecule has 0 radical (unpaired) electrons. The predicted octanol–water partition coefficient (Wildman–Crippen LogP) is 1.19. The summed E-state index contributed by atoms with van der Waals surface area (Å²) in [6.45, 7) is 6.41. The number of hydrogen-bond donors (Lipinski definition) is 4. The molecule has 0 unspecified atom stereocenters. The quantitative estimate of drug-likeness (QED) is 0.273. The van der Waals surface area contributed by atoms with Crippen LogP contribution in [0.15, 0.2) is 18.2 Å². The maximum absolute atomic E-state index is 14.7. The van der Waals surface area contributed by atoms with E-state index in [0.29, 0.717) is 17.0 Å². The first kappa shape index (κ1) is 28.6. The van der Waals surface area contributed by atoms with Gasteiger partial charge in [-0.1, -0.05) is 6.07 Å². The lowest BCUT2D eigenvalue weighted by Gasteiger charge is -2.44. The van der Waals surface area contributed by atoms with E-state index < -0.39 is 49.0 Å². The van der Waals surface area contributed by atoms with E-state index in [4.69, 9.17) is 18.9 Å². The number of nitrogens with zero attached hydrogens (tertiary/aromatic N) is 2. The Kier molecular flexibility index (Phi) is 8.97. The Morgan fingerprint density at radius 3 is 2.54 bits per heavy atom. The van der Waals surface area contributed by atoms with Gasteiger partial charge < -0.3 is 44.1 Å². The second kappa shape index (κ2) is 11.6. The molecule has 4 N–H and O–H groups in total. The second-order valence-electron chi connectivity index (χ2n) is 8.85. The first-order valence-electron chi connectivity index (χ1n) is 11.7. The van der Waals surface area contributed by atoms with Crippen LogP contribution in [-0.4, -0.2) is 87.1 Å². The Balaban J connectivity index is 1.93. The highest BCUT2D eigenvalue weighted by Crippen LogP contribution is 2.35. The SMILES string of the molecule is CCOC(=O)OC[C@H]1O[C@@](O)(Oc2nn(C(C)C)c(C)c2Cc2ccc(OC)cc2F)[C@H](O)[C@@H](O)[C@@H]1O. The third kappa shape index (κ3) is 6.13. The van der Waals surface area contributed by atoms with E-state index in [0.717, 1.165) is 0 Å². The molecule has 3 rings (SSSR count). The van der Waals surface area contributed by atoms with Crippen molar-refractivity contribution in [1.82, 2.24) is 9.78 Å². The van der Waals surface area contributed by atoms with Gasteiger partial charge in [-0.25, -0.2) is 9.18 Å². The molecule has 0 bridgehead atoms. The molecular formula is C24H33FN2O10. The predicted molar refractivity (Wildman–Crippen MR) is 125 cm³/mol. The zero-order valence-electron chi connectivity index (χ0n) is 21.3. The van der Waals surface area contributed by atoms with Crippen molar-refractivity contribution < 1.29 is 53.3 Å². The van der Waals surface area contributed by atoms with Crippen LogP contribution in [0.3, 0.4) is 0 Å². The van der Waals surface area contributed by atoms with Crippen LogP contribution >= 0.6 is 0 Å². The van der Waals surface area contributed by atoms with E-state index in [1.807, 2.05) is 13.8 Å². The van der Waals surface area contributed by atoms with Gasteiger partial charge in [-0.05, 0) is 39.3 Å². The molecule has 0 aliphatic carbocycles. The fourth-order valence-corrected chi connectivity index (χ4v) is 3.95. The van der Waals surface area contributed by atoms with Gasteiger partial charge in [0.25, 0.3) is 0 Å². The zero-order valence-corrected chi connectivity index (χ0v) is 21.3. The molecular weight excluding hydrogens is 495 g/mol. The number of carbonyl (C=O) groups is 1. The third-order valence-electron chi connectivity index (χ3n) is 5.97. The maximum Gasteiger partial charge on any atom is 0.508 e. The Bertz CT molecular complexity index is 1090. The lowest BCUT2D eigenvalue weighted by Crippen LogP contribution is -2.67. The topological polar surface area (TPSA) is 162 Å². The molecule has 5 atom stereocenters. The summed E-state index contributed by atoms with van der Waals surface area (Å²) in [7, 11) is 1.42. The molecule has 1 fully saturated rings. The molecule has 0 saturated carbocycles. The van der Waals surface area contributed by atoms with E-state index >= 15 is 0 Å². The minimum Gasteiger partial charge on any atom is -0.497 e. The van der Waals surface area contributed by atoms with Gasteiger partial charge >= 0.3 is 12.1 Å². The minimum absolute atomic E-state index is 0.00351. The van der Waals surface area contributed by atoms with Gasteiger partial charge in [0.2, 0.25) is 5.88 Å². The highest BCUT2D eigenvalue weighted by molar-refractivity contribution is 5.59. The number of methoxy groups -OCH3 is 1. The summed E-state index contributed by atoms with van der Waals surface area (Å²) in [6.07, 6.45) is -8.38. The molecule has 0 spiro atoms. The molecule has 1 aromatic heterocycles. The number of aromatic nitrogens is 2. The normalized spacial score (nSPS) is 25.7. The summed E-state index contributed by atoms with van der Waals surface area (Å²) in [6, 6.07) is 4.20. The molecule has 1 aliphatic heterocycles. The van der Waals surface area contributed by atoms with Gasteiger partial charge in [-0.3, -0.25) is 4.68 Å². The van der Waals surface area contributed by atoms with Crippen LogP contribution in [0.4, 0.5) is 9.18 Å². The van der Waals surface area contributed by atoms with Crippen LogP contribution in [0.1, 0.15) is 43.6 Å². The molecule has 13 heteroatoms. The first-order chi connectivity index (χ1) is 17.4. The van der Waals surface area contributed by atoms with Gasteiger partial charge in [0.1, 0.15) is 36.5 Å². The monoisotopic (exact) mass is 528 g/mol. The van der Waals surface area contributed by atoms with Crippen LogP contribution in [0, 0.1) is 12.7 Å². The van der Waals surface area contributed by atoms with Crippen molar-refractivity contribution in [1.29, 1.82) is 0 Å². The molecule has 2 aromatic rings. The van der Waals surface area contributed by atoms with Crippen LogP contribution in [0.5, 0.6) is 11.6 Å². The molecule has 1 aromatic carbocycles. The summed E-state index contributed by atoms with van der Waals surface area (Å²) < 4.78 is 41.8. The van der Waals surface area contributed by atoms with Gasteiger partial charge in [0, 0.05) is 29.8 Å². The van der Waals surface area contributed by atoms with Crippen molar-refractivity contribution in [3.63, 3.8) is 0 Å². The summed E-state index contributed by atoms with van der Waals surface area (Å²) >= 11 is 0. The van der Waals surface area contributed by atoms with Gasteiger partial charge in [-0.2, -0.15) is 0 Å². The van der Waals surface area contributed by atoms with Gasteiger partial charge in [0.15, 0.2) is 6.10 Å². The Hall–Kier alpha value is -2.97. The van der Waals surface area contributed by atoms with Crippen molar-refractivity contribution in [3.05, 3.63) is 40.8 Å². The smallest absolute Gasteiger partial charge is 0.497 e. The van der Waals surface area contributed by atoms with E-state index in [-0.39, 0.29) is 30.5 Å². The Morgan fingerprint density at radius 2 is 1.95 bits per heavy atom. The zero-order chi connectivity index (χ0) is 27.5. The van der Waals surface area contributed by atoms with Crippen molar-refractivity contribution in [3.8, 4) is 11.6 Å². The summed E-state index contributed by atoms with van der Waals surface area (Å²) in [5.74, 6) is -3.30. The van der Waals surface area contributed by atoms with E-state index in [2.05, 4.69) is 9.84 Å². The van der Waals surface area contributed by atoms with E-state index in [1.165, 1.54) is 19.2 Å². The average molecular weight is 529 g/mol. The van der Waals surface area contributed by atoms with Crippen molar-refractivity contribution in [2.45, 2.75) is 70.5 Å². The number of hydrogen-bond acceptors (Lipinski definition) is 11. The summed E-state index contributed by atoms with van der Waals surface area (Å²) in [5.41, 5.74) is 1.25. The lowest BCUT2D eigenvalue weighted by molar-refractivity contribution is -0.423. The van der Waals surface area contributed by atoms with Crippen LogP contribution in [0.25, 0.3) is 0 Å². The average Bonchev–Trinajstić information content (AvgIpc) is 3.15. The first-order valence-corrected chi connectivity index (χ1v) is 11.7. The number of rotatable bonds is 9. The lowest BCUT2D eigenvalue weighted by atomic mass is 9.97. The molecule has 2 heterocycles. The number of ether oxygens (including phenoxy) is 5. The summed E-state index contributed by atoms with van der Waals surface area (Å²) in [5, 5.41) is 46.6. The largest absolute Gasteiger partial charge is 0.508 e. The number of benzene rings is 1. The fourth-order valence-electron chi connectivity index (χ4n) is 3.95. The summed E-state index contributed by atoms with van der Waals surface area (Å²) in [4.78, 5) is 11.5. The van der Waals surface area contributed by atoms with Gasteiger partial charge in [-0.15, -0.1) is 5.10 Å². The number of aliphatic hydroxyl groups excluding tert-OH is 3. The maximum atomic E-state index is 14.7. The van der Waals surface area contributed by atoms with E-state index in [1.54, 1.807) is 24.6 Å². The van der Waals surface area contributed by atoms with Crippen molar-refractivity contribution in [2.24, 2.45) is 0 Å². The second-order valence-corrected chi connectivity index (χ2v) is 8.85. The van der Waals surface area contributed by atoms with Crippen molar-refractivity contribution in [2.75, 3.05) is 20.3 Å². The molecule has 1 aliphatic rings. The van der Waals surface area contributed by atoms with Gasteiger partial charge in [0.05, 0.1) is 13.7 Å². The fraction of sp³-hybridized carbons (Fsp3) is 0.583. The number of halogens is 1. The Labute approximate surface area is 213 Å².